The largest absolute Gasteiger partial charge is 0.383 e. The number of likely N-dealkylation sites (tertiary alicyclic amines) is 2. The van der Waals surface area contributed by atoms with Gasteiger partial charge in [-0.05, 0) is 42.9 Å². The molecule has 2 saturated heterocycles. The number of hydrogen-bond donors (Lipinski definition) is 0. The fraction of sp³-hybridized carbons (Fsp3) is 0.667. The molecule has 0 radical (unpaired) electrons. The minimum Gasteiger partial charge on any atom is -0.383 e. The van der Waals surface area contributed by atoms with E-state index in [0.29, 0.717) is 11.8 Å². The van der Waals surface area contributed by atoms with Crippen LogP contribution in [-0.2, 0) is 16.1 Å². The first-order valence-corrected chi connectivity index (χ1v) is 9.63. The molecule has 0 bridgehead atoms. The number of ether oxygens (including phenoxy) is 1. The highest BCUT2D eigenvalue weighted by Crippen LogP contribution is 2.40. The number of hydrogen-bond acceptors (Lipinski definition) is 3. The lowest BCUT2D eigenvalue weighted by Crippen LogP contribution is -2.49. The number of nitrogens with zero attached hydrogens (tertiary/aromatic N) is 2. The molecule has 1 aromatic rings. The van der Waals surface area contributed by atoms with Crippen molar-refractivity contribution in [1.82, 2.24) is 9.80 Å². The first kappa shape index (κ1) is 18.4. The summed E-state index contributed by atoms with van der Waals surface area (Å²) in [5, 5.41) is 0. The van der Waals surface area contributed by atoms with Gasteiger partial charge >= 0.3 is 0 Å². The van der Waals surface area contributed by atoms with Crippen LogP contribution in [0.25, 0.3) is 0 Å². The summed E-state index contributed by atoms with van der Waals surface area (Å²) in [6, 6.07) is 8.77. The highest BCUT2D eigenvalue weighted by molar-refractivity contribution is 5.84. The molecule has 0 saturated carbocycles. The van der Waals surface area contributed by atoms with Gasteiger partial charge in [0.05, 0.1) is 12.0 Å². The smallest absolute Gasteiger partial charge is 0.230 e. The number of amides is 1. The number of benzene rings is 1. The Hall–Kier alpha value is -1.39. The van der Waals surface area contributed by atoms with Crippen LogP contribution in [0.1, 0.15) is 50.2 Å². The molecule has 2 fully saturated rings. The highest BCUT2D eigenvalue weighted by Gasteiger charge is 2.47. The van der Waals surface area contributed by atoms with Crippen molar-refractivity contribution in [3.63, 3.8) is 0 Å². The number of carbonyl (C=O) groups is 1. The lowest BCUT2D eigenvalue weighted by molar-refractivity contribution is -0.146. The second-order valence-electron chi connectivity index (χ2n) is 8.03. The zero-order chi connectivity index (χ0) is 17.9. The van der Waals surface area contributed by atoms with E-state index in [1.807, 2.05) is 0 Å². The van der Waals surface area contributed by atoms with Gasteiger partial charge in [0.1, 0.15) is 0 Å². The fourth-order valence-electron chi connectivity index (χ4n) is 4.28. The van der Waals surface area contributed by atoms with Gasteiger partial charge in [-0.1, -0.05) is 38.1 Å². The van der Waals surface area contributed by atoms with Crippen LogP contribution >= 0.6 is 0 Å². The Bertz CT molecular complexity index is 584. The predicted molar refractivity (Wildman–Crippen MR) is 101 cm³/mol. The molecule has 2 heterocycles. The molecule has 25 heavy (non-hydrogen) atoms. The van der Waals surface area contributed by atoms with E-state index in [0.717, 1.165) is 58.6 Å². The van der Waals surface area contributed by atoms with Crippen LogP contribution in [-0.4, -0.2) is 55.6 Å². The molecule has 1 atom stereocenters. The first-order valence-electron chi connectivity index (χ1n) is 9.63. The van der Waals surface area contributed by atoms with Crippen molar-refractivity contribution in [3.8, 4) is 0 Å². The Kier molecular flexibility index (Phi) is 5.80. The number of methoxy groups -OCH3 is 1. The Morgan fingerprint density at radius 3 is 2.60 bits per heavy atom. The number of piperidine rings is 1. The zero-order valence-corrected chi connectivity index (χ0v) is 16.0. The van der Waals surface area contributed by atoms with Crippen LogP contribution in [0.15, 0.2) is 24.3 Å². The molecule has 0 aliphatic carbocycles. The van der Waals surface area contributed by atoms with E-state index in [-0.39, 0.29) is 5.41 Å². The molecule has 1 spiro atoms. The molecule has 4 nitrogen and oxygen atoms in total. The van der Waals surface area contributed by atoms with Gasteiger partial charge in [0, 0.05) is 33.3 Å². The standard InChI is InChI=1S/C21H32N2O2/c1-17(2)19-7-5-18(6-8-19)15-23-11-4-9-21(20(23)24)10-12-22(16-21)13-14-25-3/h5-8,17H,4,9-16H2,1-3H3. The van der Waals surface area contributed by atoms with Crippen LogP contribution in [0.2, 0.25) is 0 Å². The molecular weight excluding hydrogens is 312 g/mol. The molecule has 2 aliphatic heterocycles. The van der Waals surface area contributed by atoms with Crippen LogP contribution in [0.4, 0.5) is 0 Å². The van der Waals surface area contributed by atoms with E-state index in [1.165, 1.54) is 11.1 Å². The van der Waals surface area contributed by atoms with Crippen LogP contribution < -0.4 is 0 Å². The second-order valence-corrected chi connectivity index (χ2v) is 8.03. The predicted octanol–water partition coefficient (Wildman–Crippen LogP) is 3.27. The van der Waals surface area contributed by atoms with Crippen molar-refractivity contribution in [2.45, 2.75) is 45.6 Å². The third-order valence-corrected chi connectivity index (χ3v) is 5.89. The van der Waals surface area contributed by atoms with Gasteiger partial charge in [0.15, 0.2) is 0 Å². The summed E-state index contributed by atoms with van der Waals surface area (Å²) in [7, 11) is 1.74. The average molecular weight is 344 g/mol. The van der Waals surface area contributed by atoms with Crippen molar-refractivity contribution >= 4 is 5.91 Å². The van der Waals surface area contributed by atoms with Gasteiger partial charge in [-0.25, -0.2) is 0 Å². The highest BCUT2D eigenvalue weighted by atomic mass is 16.5. The number of carbonyl (C=O) groups excluding carboxylic acids is 1. The third-order valence-electron chi connectivity index (χ3n) is 5.89. The van der Waals surface area contributed by atoms with Gasteiger partial charge in [-0.15, -0.1) is 0 Å². The minimum atomic E-state index is -0.149. The average Bonchev–Trinajstić information content (AvgIpc) is 3.02. The summed E-state index contributed by atoms with van der Waals surface area (Å²) in [5.74, 6) is 0.914. The topological polar surface area (TPSA) is 32.8 Å². The van der Waals surface area contributed by atoms with Crippen LogP contribution in [0.3, 0.4) is 0 Å². The van der Waals surface area contributed by atoms with Crippen molar-refractivity contribution in [2.75, 3.05) is 39.9 Å². The Morgan fingerprint density at radius 1 is 1.16 bits per heavy atom. The van der Waals surface area contributed by atoms with Crippen LogP contribution in [0.5, 0.6) is 0 Å². The van der Waals surface area contributed by atoms with Crippen molar-refractivity contribution in [1.29, 1.82) is 0 Å². The van der Waals surface area contributed by atoms with E-state index >= 15 is 0 Å². The quantitative estimate of drug-likeness (QED) is 0.794. The van der Waals surface area contributed by atoms with Crippen LogP contribution in [0, 0.1) is 5.41 Å². The summed E-state index contributed by atoms with van der Waals surface area (Å²) < 4.78 is 5.20. The molecule has 1 aromatic carbocycles. The van der Waals surface area contributed by atoms with Crippen molar-refractivity contribution < 1.29 is 9.53 Å². The monoisotopic (exact) mass is 344 g/mol. The SMILES string of the molecule is COCCN1CCC2(CCCN(Cc3ccc(C(C)C)cc3)C2=O)C1. The summed E-state index contributed by atoms with van der Waals surface area (Å²) >= 11 is 0. The summed E-state index contributed by atoms with van der Waals surface area (Å²) in [5.41, 5.74) is 2.45. The van der Waals surface area contributed by atoms with Gasteiger partial charge < -0.3 is 9.64 Å². The molecule has 4 heteroatoms. The molecular formula is C21H32N2O2. The second kappa shape index (κ2) is 7.88. The van der Waals surface area contributed by atoms with Gasteiger partial charge in [0.25, 0.3) is 0 Å². The normalized spacial score (nSPS) is 24.6. The maximum atomic E-state index is 13.2. The Labute approximate surface area is 152 Å². The molecule has 1 amide bonds. The summed E-state index contributed by atoms with van der Waals surface area (Å²) in [4.78, 5) is 17.7. The maximum Gasteiger partial charge on any atom is 0.230 e. The van der Waals surface area contributed by atoms with E-state index in [9.17, 15) is 4.79 Å². The number of rotatable bonds is 6. The Morgan fingerprint density at radius 2 is 1.92 bits per heavy atom. The van der Waals surface area contributed by atoms with Gasteiger partial charge in [-0.2, -0.15) is 0 Å². The molecule has 0 aromatic heterocycles. The minimum absolute atomic E-state index is 0.149. The van der Waals surface area contributed by atoms with Gasteiger partial charge in [0.2, 0.25) is 5.91 Å². The third kappa shape index (κ3) is 4.06. The van der Waals surface area contributed by atoms with Crippen molar-refractivity contribution in [3.05, 3.63) is 35.4 Å². The zero-order valence-electron chi connectivity index (χ0n) is 16.0. The molecule has 1 unspecified atom stereocenters. The van der Waals surface area contributed by atoms with E-state index in [4.69, 9.17) is 4.74 Å². The van der Waals surface area contributed by atoms with E-state index in [2.05, 4.69) is 47.9 Å². The Balaban J connectivity index is 1.64. The maximum absolute atomic E-state index is 13.2. The lowest BCUT2D eigenvalue weighted by atomic mass is 9.78. The molecule has 2 aliphatic rings. The molecule has 138 valence electrons. The summed E-state index contributed by atoms with van der Waals surface area (Å²) in [6.07, 6.45) is 3.16. The molecule has 0 N–H and O–H groups in total. The van der Waals surface area contributed by atoms with E-state index < -0.39 is 0 Å². The lowest BCUT2D eigenvalue weighted by Gasteiger charge is -2.39. The van der Waals surface area contributed by atoms with Gasteiger partial charge in [-0.3, -0.25) is 9.69 Å². The fourth-order valence-corrected chi connectivity index (χ4v) is 4.28. The first-order chi connectivity index (χ1) is 12.0. The van der Waals surface area contributed by atoms with E-state index in [1.54, 1.807) is 7.11 Å². The summed E-state index contributed by atoms with van der Waals surface area (Å²) in [6.45, 7) is 9.66. The van der Waals surface area contributed by atoms with Crippen molar-refractivity contribution in [2.24, 2.45) is 5.41 Å². The molecule has 3 rings (SSSR count).